The predicted molar refractivity (Wildman–Crippen MR) is 131 cm³/mol. The molecule has 0 unspecified atom stereocenters. The number of hydrogen-bond acceptors (Lipinski definition) is 3. The first-order chi connectivity index (χ1) is 15.2. The van der Waals surface area contributed by atoms with E-state index in [1.807, 2.05) is 38.7 Å². The molecule has 179 valence electrons. The van der Waals surface area contributed by atoms with Crippen LogP contribution in [-0.4, -0.2) is 29.3 Å². The maximum atomic E-state index is 5.07. The van der Waals surface area contributed by atoms with Crippen LogP contribution in [0.4, 0.5) is 0 Å². The van der Waals surface area contributed by atoms with Crippen LogP contribution in [-0.2, 0) is 35.9 Å². The van der Waals surface area contributed by atoms with Gasteiger partial charge in [0, 0.05) is 0 Å². The normalized spacial score (nSPS) is 13.7. The molecular formula is C26H38MnN6. The zero-order chi connectivity index (χ0) is 24.7. The van der Waals surface area contributed by atoms with Crippen LogP contribution in [0.2, 0.25) is 0 Å². The summed E-state index contributed by atoms with van der Waals surface area (Å²) in [7, 11) is 0. The number of allylic oxidation sites excluding steroid dienone is 2. The summed E-state index contributed by atoms with van der Waals surface area (Å²) in [6, 6.07) is 6.29. The molecule has 3 aromatic rings. The van der Waals surface area contributed by atoms with E-state index >= 15 is 0 Å². The van der Waals surface area contributed by atoms with Gasteiger partial charge in [-0.2, -0.15) is 0 Å². The molecule has 0 radical (unpaired) electrons. The van der Waals surface area contributed by atoms with Crippen LogP contribution >= 0.6 is 0 Å². The average molecular weight is 490 g/mol. The summed E-state index contributed by atoms with van der Waals surface area (Å²) in [5.41, 5.74) is 2.86. The second-order valence-corrected chi connectivity index (χ2v) is 12.9. The van der Waals surface area contributed by atoms with Crippen molar-refractivity contribution in [3.8, 4) is 0 Å². The first-order valence-corrected chi connectivity index (χ1v) is 12.6. The molecule has 0 spiro atoms. The Hall–Kier alpha value is -2.37. The van der Waals surface area contributed by atoms with E-state index in [1.165, 1.54) is 0 Å². The predicted octanol–water partition coefficient (Wildman–Crippen LogP) is 5.62. The van der Waals surface area contributed by atoms with Crippen molar-refractivity contribution in [3.63, 3.8) is 0 Å². The van der Waals surface area contributed by atoms with Crippen molar-refractivity contribution >= 4 is 0 Å². The van der Waals surface area contributed by atoms with Gasteiger partial charge in [-0.3, -0.25) is 0 Å². The van der Waals surface area contributed by atoms with Crippen LogP contribution < -0.4 is 0 Å². The van der Waals surface area contributed by atoms with E-state index < -0.39 is 4.69 Å². The second-order valence-electron chi connectivity index (χ2n) is 11.4. The minimum atomic E-state index is -0.792. The molecule has 7 heteroatoms. The van der Waals surface area contributed by atoms with Crippen molar-refractivity contribution in [2.45, 2.75) is 83.2 Å². The number of rotatable bonds is 6. The van der Waals surface area contributed by atoms with Gasteiger partial charge >= 0.3 is 205 Å². The number of nitrogens with zero attached hydrogens (tertiary/aromatic N) is 6. The van der Waals surface area contributed by atoms with Crippen molar-refractivity contribution in [1.82, 2.24) is 29.3 Å². The molecule has 0 bridgehead atoms. The SMILES string of the molecule is C=CC=[CH][Mn][C](n1ccc(C(C)(C)C)n1)(n1ccc(C(C)(C)C)n1)n1ccc(C(C)(C)C)n1. The summed E-state index contributed by atoms with van der Waals surface area (Å²) in [5, 5.41) is 15.2. The fourth-order valence-electron chi connectivity index (χ4n) is 3.28. The zero-order valence-electron chi connectivity index (χ0n) is 21.5. The first kappa shape index (κ1) is 25.3. The molecule has 0 fully saturated rings. The van der Waals surface area contributed by atoms with E-state index in [0.717, 1.165) is 17.1 Å². The maximum absolute atomic E-state index is 5.07. The van der Waals surface area contributed by atoms with Crippen LogP contribution in [0, 0.1) is 0 Å². The Balaban J connectivity index is 2.33. The molecule has 0 atom stereocenters. The van der Waals surface area contributed by atoms with Crippen molar-refractivity contribution in [2.75, 3.05) is 0 Å². The quantitative estimate of drug-likeness (QED) is 0.334. The molecule has 0 aliphatic carbocycles. The number of hydrogen-bond donors (Lipinski definition) is 0. The summed E-state index contributed by atoms with van der Waals surface area (Å²) < 4.78 is 5.25. The molecule has 0 N–H and O–H groups in total. The van der Waals surface area contributed by atoms with Crippen molar-refractivity contribution < 1.29 is 15.0 Å². The molecular weight excluding hydrogens is 451 g/mol. The Labute approximate surface area is 204 Å². The van der Waals surface area contributed by atoms with E-state index in [0.29, 0.717) is 0 Å². The van der Waals surface area contributed by atoms with Crippen LogP contribution in [0.1, 0.15) is 79.4 Å². The van der Waals surface area contributed by atoms with Crippen molar-refractivity contribution in [3.05, 3.63) is 77.6 Å². The number of aromatic nitrogens is 6. The van der Waals surface area contributed by atoms with Gasteiger partial charge in [-0.15, -0.1) is 0 Å². The zero-order valence-corrected chi connectivity index (χ0v) is 22.6. The molecule has 3 aromatic heterocycles. The van der Waals surface area contributed by atoms with Crippen LogP contribution in [0.3, 0.4) is 0 Å². The Morgan fingerprint density at radius 2 is 1.00 bits per heavy atom. The molecule has 33 heavy (non-hydrogen) atoms. The molecule has 0 saturated heterocycles. The third-order valence-electron chi connectivity index (χ3n) is 5.37. The first-order valence-electron chi connectivity index (χ1n) is 11.3. The summed E-state index contributed by atoms with van der Waals surface area (Å²) >= 11 is 0.232. The van der Waals surface area contributed by atoms with E-state index in [4.69, 9.17) is 15.3 Å². The van der Waals surface area contributed by atoms with E-state index in [1.54, 1.807) is 6.08 Å². The van der Waals surface area contributed by atoms with Gasteiger partial charge < -0.3 is 0 Å². The standard InChI is InChI=1S/C22H33N6.C4H5.Mn/c1-20(2,3)16-10-13-26(23-16)19(27-14-11-17(24-27)21(4,5)6)28-15-12-18(25-28)22(7,8)9;1-3-4-2;/h10-15H,1-9H3;1,3-4H,2H2;. The Morgan fingerprint density at radius 3 is 1.24 bits per heavy atom. The monoisotopic (exact) mass is 489 g/mol. The fourth-order valence-corrected chi connectivity index (χ4v) is 4.73. The average Bonchev–Trinajstić information content (AvgIpc) is 3.45. The van der Waals surface area contributed by atoms with Crippen LogP contribution in [0.5, 0.6) is 0 Å². The van der Waals surface area contributed by atoms with Crippen LogP contribution in [0.15, 0.2) is 60.5 Å². The molecule has 0 saturated carbocycles. The van der Waals surface area contributed by atoms with E-state index in [9.17, 15) is 0 Å². The summed E-state index contributed by atoms with van der Waals surface area (Å²) in [6.07, 6.45) is 9.92. The fraction of sp³-hybridized carbons (Fsp3) is 0.500. The Bertz CT molecular complexity index is 998. The Morgan fingerprint density at radius 1 is 0.667 bits per heavy atom. The van der Waals surface area contributed by atoms with Gasteiger partial charge in [-0.25, -0.2) is 0 Å². The van der Waals surface area contributed by atoms with E-state index in [2.05, 4.69) is 92.1 Å². The molecule has 3 heterocycles. The van der Waals surface area contributed by atoms with Crippen LogP contribution in [0.25, 0.3) is 0 Å². The van der Waals surface area contributed by atoms with Gasteiger partial charge in [0.05, 0.1) is 0 Å². The molecule has 0 aliphatic heterocycles. The topological polar surface area (TPSA) is 53.5 Å². The van der Waals surface area contributed by atoms with Crippen molar-refractivity contribution in [2.24, 2.45) is 0 Å². The summed E-state index contributed by atoms with van der Waals surface area (Å²) in [5.74, 6) is 0. The molecule has 0 aromatic carbocycles. The third-order valence-corrected chi connectivity index (χ3v) is 7.06. The Kier molecular flexibility index (Phi) is 6.71. The molecule has 0 amide bonds. The minimum absolute atomic E-state index is 0.0706. The van der Waals surface area contributed by atoms with Gasteiger partial charge in [-0.1, -0.05) is 0 Å². The van der Waals surface area contributed by atoms with Gasteiger partial charge in [0.25, 0.3) is 0 Å². The molecule has 6 nitrogen and oxygen atoms in total. The van der Waals surface area contributed by atoms with Gasteiger partial charge in [0.15, 0.2) is 0 Å². The third kappa shape index (κ3) is 5.09. The summed E-state index contributed by atoms with van der Waals surface area (Å²) in [6.45, 7) is 23.5. The molecule has 0 aliphatic rings. The van der Waals surface area contributed by atoms with Gasteiger partial charge in [0.1, 0.15) is 0 Å². The van der Waals surface area contributed by atoms with E-state index in [-0.39, 0.29) is 31.2 Å². The second kappa shape index (κ2) is 8.77. The van der Waals surface area contributed by atoms with Crippen molar-refractivity contribution in [1.29, 1.82) is 0 Å². The summed E-state index contributed by atoms with van der Waals surface area (Å²) in [4.78, 5) is 2.13. The van der Waals surface area contributed by atoms with Gasteiger partial charge in [0.2, 0.25) is 0 Å². The van der Waals surface area contributed by atoms with Gasteiger partial charge in [-0.05, 0) is 0 Å². The molecule has 3 rings (SSSR count).